The fourth-order valence-electron chi connectivity index (χ4n) is 5.37. The number of fused-ring (bicyclic) bond motifs is 1. The van der Waals surface area contributed by atoms with Crippen LogP contribution in [0, 0.1) is 5.41 Å². The maximum Gasteiger partial charge on any atom is 0.228 e. The van der Waals surface area contributed by atoms with Crippen molar-refractivity contribution in [1.29, 1.82) is 0 Å². The van der Waals surface area contributed by atoms with Gasteiger partial charge in [-0.1, -0.05) is 0 Å². The number of carbonyl (C=O) groups excluding carboxylic acids is 1. The Kier molecular flexibility index (Phi) is 5.21. The smallest absolute Gasteiger partial charge is 0.228 e. The molecule has 5 heterocycles. The molecule has 0 bridgehead atoms. The van der Waals surface area contributed by atoms with E-state index in [1.807, 2.05) is 61.0 Å². The summed E-state index contributed by atoms with van der Waals surface area (Å²) in [5.41, 5.74) is 4.07. The van der Waals surface area contributed by atoms with E-state index in [2.05, 4.69) is 20.9 Å². The number of aromatic nitrogens is 1. The molecule has 0 aliphatic carbocycles. The minimum absolute atomic E-state index is 0.121. The van der Waals surface area contributed by atoms with Crippen molar-refractivity contribution in [2.75, 3.05) is 33.2 Å². The van der Waals surface area contributed by atoms with E-state index in [1.54, 1.807) is 0 Å². The Bertz CT molecular complexity index is 1280. The van der Waals surface area contributed by atoms with Crippen molar-refractivity contribution in [3.63, 3.8) is 0 Å². The summed E-state index contributed by atoms with van der Waals surface area (Å²) < 4.78 is 11.8. The van der Waals surface area contributed by atoms with Crippen molar-refractivity contribution in [1.82, 2.24) is 14.8 Å². The highest BCUT2D eigenvalue weighted by Gasteiger charge is 2.46. The molecule has 1 amide bonds. The summed E-state index contributed by atoms with van der Waals surface area (Å²) in [4.78, 5) is 25.6. The number of amides is 1. The normalized spacial score (nSPS) is 20.0. The summed E-state index contributed by atoms with van der Waals surface area (Å²) in [7, 11) is 1.92. The first-order chi connectivity index (χ1) is 16.6. The molecule has 1 aromatic carbocycles. The molecule has 7 nitrogen and oxygen atoms in total. The minimum atomic E-state index is -0.121. The molecular formula is C27H28N4O3. The lowest BCUT2D eigenvalue weighted by Gasteiger charge is -2.37. The fraction of sp³-hybridized carbons (Fsp3) is 0.370. The number of benzene rings is 1. The van der Waals surface area contributed by atoms with Gasteiger partial charge in [-0.3, -0.25) is 14.7 Å². The zero-order valence-corrected chi connectivity index (χ0v) is 19.4. The van der Waals surface area contributed by atoms with E-state index in [9.17, 15) is 4.79 Å². The molecule has 0 radical (unpaired) electrons. The molecular weight excluding hydrogens is 428 g/mol. The second kappa shape index (κ2) is 8.40. The van der Waals surface area contributed by atoms with Crippen LogP contribution in [0.25, 0.3) is 16.5 Å². The highest BCUT2D eigenvalue weighted by Crippen LogP contribution is 2.41. The second-order valence-electron chi connectivity index (χ2n) is 9.62. The van der Waals surface area contributed by atoms with Crippen LogP contribution in [-0.4, -0.2) is 60.1 Å². The quantitative estimate of drug-likeness (QED) is 0.564. The van der Waals surface area contributed by atoms with Gasteiger partial charge in [0.05, 0.1) is 18.2 Å². The number of piperidine rings is 1. The zero-order chi connectivity index (χ0) is 23.1. The van der Waals surface area contributed by atoms with Gasteiger partial charge in [0, 0.05) is 55.6 Å². The number of aliphatic imine (C=N–C) groups is 1. The number of hydrogen-bond donors (Lipinski definition) is 0. The van der Waals surface area contributed by atoms with Crippen molar-refractivity contribution in [2.45, 2.75) is 25.8 Å². The van der Waals surface area contributed by atoms with Crippen molar-refractivity contribution in [3.05, 3.63) is 60.0 Å². The van der Waals surface area contributed by atoms with Gasteiger partial charge in [-0.2, -0.15) is 0 Å². The Hall–Kier alpha value is -3.45. The lowest BCUT2D eigenvalue weighted by molar-refractivity contribution is -0.137. The number of furan rings is 1. The number of likely N-dealkylation sites (tertiary alicyclic amines) is 2. The van der Waals surface area contributed by atoms with Crippen LogP contribution in [0.5, 0.6) is 11.6 Å². The molecule has 1 spiro atoms. The molecule has 0 unspecified atom stereocenters. The monoisotopic (exact) mass is 456 g/mol. The van der Waals surface area contributed by atoms with Crippen LogP contribution < -0.4 is 4.74 Å². The van der Waals surface area contributed by atoms with Crippen LogP contribution in [0.4, 0.5) is 0 Å². The average Bonchev–Trinajstić information content (AvgIpc) is 3.59. The van der Waals surface area contributed by atoms with Gasteiger partial charge in [0.1, 0.15) is 11.3 Å². The third kappa shape index (κ3) is 3.80. The van der Waals surface area contributed by atoms with E-state index >= 15 is 0 Å². The van der Waals surface area contributed by atoms with Gasteiger partial charge in [0.2, 0.25) is 11.8 Å². The Morgan fingerprint density at radius 1 is 1.12 bits per heavy atom. The number of carbonyl (C=O) groups is 1. The molecule has 3 aliphatic rings. The average molecular weight is 457 g/mol. The van der Waals surface area contributed by atoms with Gasteiger partial charge in [0.25, 0.3) is 0 Å². The highest BCUT2D eigenvalue weighted by molar-refractivity contribution is 5.89. The Morgan fingerprint density at radius 2 is 1.97 bits per heavy atom. The lowest BCUT2D eigenvalue weighted by Crippen LogP contribution is -2.43. The largest absolute Gasteiger partial charge is 0.464 e. The van der Waals surface area contributed by atoms with Crippen LogP contribution in [0.1, 0.15) is 30.4 Å². The van der Waals surface area contributed by atoms with Crippen LogP contribution >= 0.6 is 0 Å². The zero-order valence-electron chi connectivity index (χ0n) is 19.4. The number of nitrogens with zero attached hydrogens (tertiary/aromatic N) is 4. The Labute approximate surface area is 198 Å². The predicted molar refractivity (Wildman–Crippen MR) is 131 cm³/mol. The third-order valence-corrected chi connectivity index (χ3v) is 7.53. The van der Waals surface area contributed by atoms with Gasteiger partial charge in [0.15, 0.2) is 0 Å². The van der Waals surface area contributed by atoms with E-state index in [0.717, 1.165) is 67.5 Å². The molecule has 3 aromatic rings. The van der Waals surface area contributed by atoms with Gasteiger partial charge in [-0.25, -0.2) is 4.98 Å². The van der Waals surface area contributed by atoms with Gasteiger partial charge in [-0.15, -0.1) is 0 Å². The van der Waals surface area contributed by atoms with E-state index in [0.29, 0.717) is 24.1 Å². The molecule has 6 rings (SSSR count). The molecule has 2 fully saturated rings. The second-order valence-corrected chi connectivity index (χ2v) is 9.62. The number of ether oxygens (including phenoxy) is 1. The predicted octanol–water partition coefficient (Wildman–Crippen LogP) is 4.53. The number of allylic oxidation sites excluding steroid dienone is 1. The topological polar surface area (TPSA) is 71.2 Å². The van der Waals surface area contributed by atoms with Crippen molar-refractivity contribution in [3.8, 4) is 11.6 Å². The number of rotatable bonds is 5. The first-order valence-electron chi connectivity index (χ1n) is 11.9. The van der Waals surface area contributed by atoms with Crippen molar-refractivity contribution < 1.29 is 13.9 Å². The van der Waals surface area contributed by atoms with Crippen LogP contribution in [0.3, 0.4) is 0 Å². The first-order valence-corrected chi connectivity index (χ1v) is 11.9. The van der Waals surface area contributed by atoms with E-state index in [-0.39, 0.29) is 5.41 Å². The SMILES string of the molecule is CN1CCC2(CCN(Cc3coc4cc(Oc5ccc(C6=CC=NC6)cn5)ccc34)CC2)C1=O. The summed E-state index contributed by atoms with van der Waals surface area (Å²) >= 11 is 0. The molecule has 7 heteroatoms. The van der Waals surface area contributed by atoms with Crippen molar-refractivity contribution >= 4 is 28.7 Å². The summed E-state index contributed by atoms with van der Waals surface area (Å²) in [6.45, 7) is 4.31. The maximum absolute atomic E-state index is 12.6. The highest BCUT2D eigenvalue weighted by atomic mass is 16.5. The molecule has 0 atom stereocenters. The lowest BCUT2D eigenvalue weighted by atomic mass is 9.77. The maximum atomic E-state index is 12.6. The van der Waals surface area contributed by atoms with Gasteiger partial charge in [-0.05, 0) is 67.8 Å². The molecule has 2 aromatic heterocycles. The van der Waals surface area contributed by atoms with E-state index in [4.69, 9.17) is 9.15 Å². The van der Waals surface area contributed by atoms with Gasteiger partial charge < -0.3 is 14.1 Å². The molecule has 174 valence electrons. The summed E-state index contributed by atoms with van der Waals surface area (Å²) in [5.74, 6) is 1.58. The molecule has 34 heavy (non-hydrogen) atoms. The number of pyridine rings is 1. The molecule has 0 saturated carbocycles. The van der Waals surface area contributed by atoms with E-state index < -0.39 is 0 Å². The first kappa shape index (κ1) is 21.1. The number of hydrogen-bond acceptors (Lipinski definition) is 6. The van der Waals surface area contributed by atoms with Gasteiger partial charge >= 0.3 is 0 Å². The minimum Gasteiger partial charge on any atom is -0.464 e. The third-order valence-electron chi connectivity index (χ3n) is 7.53. The van der Waals surface area contributed by atoms with Crippen LogP contribution in [-0.2, 0) is 11.3 Å². The van der Waals surface area contributed by atoms with E-state index in [1.165, 1.54) is 5.56 Å². The summed E-state index contributed by atoms with van der Waals surface area (Å²) in [5, 5.41) is 1.10. The van der Waals surface area contributed by atoms with Crippen molar-refractivity contribution in [2.24, 2.45) is 10.4 Å². The Balaban J connectivity index is 1.10. The molecule has 2 saturated heterocycles. The molecule has 3 aliphatic heterocycles. The van der Waals surface area contributed by atoms with Crippen LogP contribution in [0.15, 0.2) is 58.3 Å². The standard InChI is InChI=1S/C27H28N4O3/c1-30-11-7-27(26(30)32)8-12-31(13-9-27)17-21-18-33-24-14-22(3-4-23(21)24)34-25-5-2-19(16-29-25)20-6-10-28-15-20/h2-6,10,14,16,18H,7-9,11-13,15,17H2,1H3. The fourth-order valence-corrected chi connectivity index (χ4v) is 5.37. The molecule has 0 N–H and O–H groups in total. The summed E-state index contributed by atoms with van der Waals surface area (Å²) in [6, 6.07) is 9.82. The summed E-state index contributed by atoms with van der Waals surface area (Å²) in [6.07, 6.45) is 10.4. The van der Waals surface area contributed by atoms with Crippen LogP contribution in [0.2, 0.25) is 0 Å². The Morgan fingerprint density at radius 3 is 2.68 bits per heavy atom.